The first-order valence-electron chi connectivity index (χ1n) is 8.29. The van der Waals surface area contributed by atoms with Crippen LogP contribution in [0.5, 0.6) is 5.75 Å². The summed E-state index contributed by atoms with van der Waals surface area (Å²) < 4.78 is 29.8. The highest BCUT2D eigenvalue weighted by Gasteiger charge is 2.14. The molecule has 0 spiro atoms. The molecule has 6 nitrogen and oxygen atoms in total. The zero-order valence-electron chi connectivity index (χ0n) is 15.3. The maximum absolute atomic E-state index is 12.3. The van der Waals surface area contributed by atoms with Crippen molar-refractivity contribution in [1.82, 2.24) is 10.2 Å². The molecule has 0 aromatic heterocycles. The monoisotopic (exact) mass is 375 g/mol. The van der Waals surface area contributed by atoms with Crippen LogP contribution in [0.2, 0.25) is 0 Å². The number of rotatable bonds is 7. The molecule has 0 aliphatic heterocycles. The number of sulfone groups is 1. The van der Waals surface area contributed by atoms with Crippen molar-refractivity contribution in [2.45, 2.75) is 11.4 Å². The summed E-state index contributed by atoms with van der Waals surface area (Å²) in [5.41, 5.74) is 1.10. The van der Waals surface area contributed by atoms with Crippen LogP contribution < -0.4 is 10.1 Å². The Hall–Kier alpha value is -2.54. The Morgan fingerprint density at radius 1 is 1.12 bits per heavy atom. The van der Waals surface area contributed by atoms with Crippen molar-refractivity contribution >= 4 is 15.8 Å². The molecule has 0 fully saturated rings. The largest absolute Gasteiger partial charge is 0.497 e. The van der Waals surface area contributed by atoms with Gasteiger partial charge in [-0.25, -0.2) is 8.42 Å². The average Bonchev–Trinajstić information content (AvgIpc) is 2.66. The van der Waals surface area contributed by atoms with Gasteiger partial charge in [0.05, 0.1) is 17.8 Å². The number of nitrogens with one attached hydrogen (secondary N) is 1. The maximum atomic E-state index is 12.3. The van der Waals surface area contributed by atoms with Gasteiger partial charge < -0.3 is 15.0 Å². The Morgan fingerprint density at radius 2 is 1.77 bits per heavy atom. The standard InChI is InChI=1S/C19H25N3O3S/c1-20-19(22(2)15-16-9-11-17(25-3)12-10-16)21-13-14-26(23,24)18-7-5-4-6-8-18/h4-12H,13-15H2,1-3H3,(H,20,21). The molecule has 7 heteroatoms. The fourth-order valence-electron chi connectivity index (χ4n) is 2.51. The Kier molecular flexibility index (Phi) is 7.03. The molecule has 0 aliphatic rings. The predicted molar refractivity (Wildman–Crippen MR) is 104 cm³/mol. The van der Waals surface area contributed by atoms with Gasteiger partial charge in [-0.2, -0.15) is 0 Å². The lowest BCUT2D eigenvalue weighted by Crippen LogP contribution is -2.40. The van der Waals surface area contributed by atoms with Crippen molar-refractivity contribution in [1.29, 1.82) is 0 Å². The highest BCUT2D eigenvalue weighted by atomic mass is 32.2. The van der Waals surface area contributed by atoms with Gasteiger partial charge >= 0.3 is 0 Å². The molecule has 1 N–H and O–H groups in total. The molecule has 0 amide bonds. The summed E-state index contributed by atoms with van der Waals surface area (Å²) in [5, 5.41) is 3.11. The molecule has 26 heavy (non-hydrogen) atoms. The van der Waals surface area contributed by atoms with E-state index in [1.807, 2.05) is 36.2 Å². The molecule has 0 radical (unpaired) electrons. The first-order chi connectivity index (χ1) is 12.5. The van der Waals surface area contributed by atoms with Gasteiger partial charge in [0.1, 0.15) is 5.75 Å². The van der Waals surface area contributed by atoms with E-state index in [0.29, 0.717) is 17.4 Å². The minimum Gasteiger partial charge on any atom is -0.497 e. The lowest BCUT2D eigenvalue weighted by molar-refractivity contribution is 0.414. The summed E-state index contributed by atoms with van der Waals surface area (Å²) in [7, 11) is 1.92. The number of hydrogen-bond acceptors (Lipinski definition) is 4. The van der Waals surface area contributed by atoms with E-state index < -0.39 is 9.84 Å². The van der Waals surface area contributed by atoms with E-state index in [0.717, 1.165) is 11.3 Å². The molecule has 0 saturated heterocycles. The van der Waals surface area contributed by atoms with Gasteiger partial charge in [-0.3, -0.25) is 4.99 Å². The fraction of sp³-hybridized carbons (Fsp3) is 0.316. The highest BCUT2D eigenvalue weighted by Crippen LogP contribution is 2.13. The van der Waals surface area contributed by atoms with Gasteiger partial charge in [-0.15, -0.1) is 0 Å². The number of aliphatic imine (C=N–C) groups is 1. The first-order valence-corrected chi connectivity index (χ1v) is 9.94. The third-order valence-corrected chi connectivity index (χ3v) is 5.64. The van der Waals surface area contributed by atoms with Crippen LogP contribution in [0.3, 0.4) is 0 Å². The van der Waals surface area contributed by atoms with Gasteiger partial charge in [-0.05, 0) is 29.8 Å². The zero-order valence-corrected chi connectivity index (χ0v) is 16.2. The minimum atomic E-state index is -3.31. The van der Waals surface area contributed by atoms with E-state index in [1.165, 1.54) is 0 Å². The lowest BCUT2D eigenvalue weighted by atomic mass is 10.2. The van der Waals surface area contributed by atoms with Crippen LogP contribution >= 0.6 is 0 Å². The van der Waals surface area contributed by atoms with E-state index in [-0.39, 0.29) is 12.3 Å². The fourth-order valence-corrected chi connectivity index (χ4v) is 3.69. The van der Waals surface area contributed by atoms with E-state index in [2.05, 4.69) is 10.3 Å². The highest BCUT2D eigenvalue weighted by molar-refractivity contribution is 7.91. The molecule has 0 aliphatic carbocycles. The van der Waals surface area contributed by atoms with E-state index in [4.69, 9.17) is 4.74 Å². The summed E-state index contributed by atoms with van der Waals surface area (Å²) in [4.78, 5) is 6.50. The summed E-state index contributed by atoms with van der Waals surface area (Å²) in [5.74, 6) is 1.46. The predicted octanol–water partition coefficient (Wildman–Crippen LogP) is 2.18. The van der Waals surface area contributed by atoms with Crippen LogP contribution in [0.25, 0.3) is 0 Å². The number of ether oxygens (including phenoxy) is 1. The number of methoxy groups -OCH3 is 1. The van der Waals surface area contributed by atoms with Crippen molar-refractivity contribution in [3.63, 3.8) is 0 Å². The van der Waals surface area contributed by atoms with Crippen molar-refractivity contribution < 1.29 is 13.2 Å². The van der Waals surface area contributed by atoms with Crippen molar-refractivity contribution in [2.24, 2.45) is 4.99 Å². The second kappa shape index (κ2) is 9.24. The van der Waals surface area contributed by atoms with E-state index >= 15 is 0 Å². The Labute approximate surface area is 155 Å². The molecule has 140 valence electrons. The molecule has 0 unspecified atom stereocenters. The van der Waals surface area contributed by atoms with Crippen molar-refractivity contribution in [3.8, 4) is 5.75 Å². The first kappa shape index (κ1) is 19.8. The van der Waals surface area contributed by atoms with Crippen LogP contribution in [-0.2, 0) is 16.4 Å². The van der Waals surface area contributed by atoms with Crippen LogP contribution in [0, 0.1) is 0 Å². The smallest absolute Gasteiger partial charge is 0.193 e. The Balaban J connectivity index is 1.90. The maximum Gasteiger partial charge on any atom is 0.193 e. The number of hydrogen-bond donors (Lipinski definition) is 1. The summed E-state index contributed by atoms with van der Waals surface area (Å²) >= 11 is 0. The number of benzene rings is 2. The minimum absolute atomic E-state index is 0.00636. The molecule has 2 aromatic rings. The van der Waals surface area contributed by atoms with E-state index in [1.54, 1.807) is 44.5 Å². The summed E-state index contributed by atoms with van der Waals surface area (Å²) in [6.07, 6.45) is 0. The van der Waals surface area contributed by atoms with Crippen LogP contribution in [0.15, 0.2) is 64.5 Å². The Bertz CT molecular complexity index is 819. The van der Waals surface area contributed by atoms with Gasteiger partial charge in [0.2, 0.25) is 0 Å². The third-order valence-electron chi connectivity index (χ3n) is 3.91. The topological polar surface area (TPSA) is 71.0 Å². The Morgan fingerprint density at radius 3 is 2.35 bits per heavy atom. The number of guanidine groups is 1. The molecule has 2 aromatic carbocycles. The van der Waals surface area contributed by atoms with Crippen LogP contribution in [-0.4, -0.2) is 52.8 Å². The zero-order chi connectivity index (χ0) is 19.0. The second-order valence-electron chi connectivity index (χ2n) is 5.81. The normalized spacial score (nSPS) is 11.9. The van der Waals surface area contributed by atoms with Crippen LogP contribution in [0.1, 0.15) is 5.56 Å². The SMILES string of the molecule is CN=C(NCCS(=O)(=O)c1ccccc1)N(C)Cc1ccc(OC)cc1. The van der Waals surface area contributed by atoms with Crippen molar-refractivity contribution in [2.75, 3.05) is 33.5 Å². The quantitative estimate of drug-likeness (QED) is 0.593. The van der Waals surface area contributed by atoms with E-state index in [9.17, 15) is 8.42 Å². The molecular formula is C19H25N3O3S. The third kappa shape index (κ3) is 5.49. The van der Waals surface area contributed by atoms with Gasteiger partial charge in [-0.1, -0.05) is 30.3 Å². The molecule has 0 saturated carbocycles. The lowest BCUT2D eigenvalue weighted by Gasteiger charge is -2.22. The van der Waals surface area contributed by atoms with Gasteiger partial charge in [0.25, 0.3) is 0 Å². The molecule has 0 heterocycles. The summed E-state index contributed by atoms with van der Waals surface area (Å²) in [6.45, 7) is 0.936. The van der Waals surface area contributed by atoms with Gasteiger partial charge in [0.15, 0.2) is 15.8 Å². The molecule has 0 atom stereocenters. The average molecular weight is 375 g/mol. The molecular weight excluding hydrogens is 350 g/mol. The summed E-state index contributed by atoms with van der Waals surface area (Å²) in [6, 6.07) is 16.3. The second-order valence-corrected chi connectivity index (χ2v) is 7.92. The van der Waals surface area contributed by atoms with Gasteiger partial charge in [0, 0.05) is 27.2 Å². The number of nitrogens with zero attached hydrogens (tertiary/aromatic N) is 2. The molecule has 0 bridgehead atoms. The van der Waals surface area contributed by atoms with Crippen LogP contribution in [0.4, 0.5) is 0 Å². The van der Waals surface area contributed by atoms with Crippen molar-refractivity contribution in [3.05, 3.63) is 60.2 Å². The molecule has 2 rings (SSSR count).